The van der Waals surface area contributed by atoms with Gasteiger partial charge in [-0.15, -0.1) is 0 Å². The summed E-state index contributed by atoms with van der Waals surface area (Å²) in [6, 6.07) is 13.9. The van der Waals surface area contributed by atoms with Crippen LogP contribution in [0.3, 0.4) is 0 Å². The van der Waals surface area contributed by atoms with E-state index >= 15 is 0 Å². The Hall–Kier alpha value is -2.77. The summed E-state index contributed by atoms with van der Waals surface area (Å²) in [6.45, 7) is 3.06. The van der Waals surface area contributed by atoms with Gasteiger partial charge in [0.1, 0.15) is 23.6 Å². The van der Waals surface area contributed by atoms with Crippen molar-refractivity contribution in [2.24, 2.45) is 4.99 Å². The third-order valence-electron chi connectivity index (χ3n) is 5.28. The number of aliphatic imine (C=N–C) groups is 1. The van der Waals surface area contributed by atoms with Gasteiger partial charge in [-0.1, -0.05) is 36.4 Å². The van der Waals surface area contributed by atoms with Crippen LogP contribution in [0.25, 0.3) is 11.3 Å². The number of hydrogen-bond acceptors (Lipinski definition) is 6. The van der Waals surface area contributed by atoms with Crippen molar-refractivity contribution in [3.05, 3.63) is 76.8 Å². The van der Waals surface area contributed by atoms with E-state index in [9.17, 15) is 9.90 Å². The highest BCUT2D eigenvalue weighted by Crippen LogP contribution is 2.48. The molecule has 30 heavy (non-hydrogen) atoms. The summed E-state index contributed by atoms with van der Waals surface area (Å²) < 4.78 is 6.23. The fourth-order valence-corrected chi connectivity index (χ4v) is 5.23. The topological polar surface area (TPSA) is 78.9 Å². The van der Waals surface area contributed by atoms with Crippen LogP contribution >= 0.6 is 23.4 Å². The number of aromatic nitrogens is 1. The van der Waals surface area contributed by atoms with E-state index in [-0.39, 0.29) is 17.6 Å². The van der Waals surface area contributed by atoms with Crippen molar-refractivity contribution in [1.82, 2.24) is 9.88 Å². The Kier molecular flexibility index (Phi) is 4.79. The van der Waals surface area contributed by atoms with Gasteiger partial charge in [0.25, 0.3) is 0 Å². The fourth-order valence-electron chi connectivity index (χ4n) is 3.93. The molecule has 0 amide bonds. The lowest BCUT2D eigenvalue weighted by molar-refractivity contribution is 0.0697. The number of nitrogens with zero attached hydrogens (tertiary/aromatic N) is 3. The largest absolute Gasteiger partial charge is 0.478 e. The molecular formula is C22H18ClN3O3S. The van der Waals surface area contributed by atoms with E-state index in [1.165, 1.54) is 12.1 Å². The van der Waals surface area contributed by atoms with Gasteiger partial charge in [0.05, 0.1) is 16.3 Å². The van der Waals surface area contributed by atoms with Gasteiger partial charge in [0.15, 0.2) is 5.17 Å². The molecule has 2 aliphatic rings. The van der Waals surface area contributed by atoms with Crippen LogP contribution in [0.4, 0.5) is 0 Å². The second kappa shape index (κ2) is 7.49. The van der Waals surface area contributed by atoms with E-state index < -0.39 is 5.97 Å². The number of benzene rings is 1. The normalized spacial score (nSPS) is 22.8. The van der Waals surface area contributed by atoms with Gasteiger partial charge in [-0.05, 0) is 42.5 Å². The van der Waals surface area contributed by atoms with E-state index in [1.54, 1.807) is 24.0 Å². The molecule has 0 aliphatic carbocycles. The van der Waals surface area contributed by atoms with Crippen molar-refractivity contribution in [2.45, 2.75) is 24.3 Å². The Labute approximate surface area is 182 Å². The average Bonchev–Trinajstić information content (AvgIpc) is 3.43. The third-order valence-corrected chi connectivity index (χ3v) is 6.71. The Morgan fingerprint density at radius 1 is 1.27 bits per heavy atom. The number of carboxylic acid groups (broad SMARTS) is 1. The first-order valence-corrected chi connectivity index (χ1v) is 10.8. The van der Waals surface area contributed by atoms with Gasteiger partial charge in [-0.2, -0.15) is 0 Å². The third kappa shape index (κ3) is 3.28. The predicted molar refractivity (Wildman–Crippen MR) is 117 cm³/mol. The standard InChI is InChI=1S/C22H18ClN3O3S/c1-12-11-26-20(19(25-22(26)30-12)16-4-2-3-9-24-16)18-8-7-17(29-18)14-10-13(21(27)28)5-6-15(14)23/h2-10,12,19-20H,11H2,1H3,(H,27,28)/t12-,19-,20-/m0/s1. The van der Waals surface area contributed by atoms with Crippen molar-refractivity contribution in [3.8, 4) is 11.3 Å². The zero-order chi connectivity index (χ0) is 20.8. The van der Waals surface area contributed by atoms with Crippen molar-refractivity contribution in [2.75, 3.05) is 6.54 Å². The second-order valence-electron chi connectivity index (χ2n) is 7.34. The molecule has 4 heterocycles. The number of carbonyl (C=O) groups is 1. The minimum Gasteiger partial charge on any atom is -0.478 e. The molecule has 1 fully saturated rings. The van der Waals surface area contributed by atoms with Crippen LogP contribution in [0.1, 0.15) is 40.8 Å². The minimum atomic E-state index is -1.01. The molecule has 5 rings (SSSR count). The summed E-state index contributed by atoms with van der Waals surface area (Å²) in [7, 11) is 0. The number of pyridine rings is 1. The lowest BCUT2D eigenvalue weighted by atomic mass is 10.0. The van der Waals surface area contributed by atoms with Crippen LogP contribution in [-0.2, 0) is 0 Å². The highest BCUT2D eigenvalue weighted by molar-refractivity contribution is 8.14. The molecule has 1 saturated heterocycles. The molecule has 0 spiro atoms. The average molecular weight is 440 g/mol. The van der Waals surface area contributed by atoms with Crippen molar-refractivity contribution >= 4 is 34.5 Å². The molecular weight excluding hydrogens is 422 g/mol. The van der Waals surface area contributed by atoms with Gasteiger partial charge < -0.3 is 14.4 Å². The van der Waals surface area contributed by atoms with Crippen LogP contribution in [0, 0.1) is 0 Å². The highest BCUT2D eigenvalue weighted by Gasteiger charge is 2.45. The number of fused-ring (bicyclic) bond motifs is 1. The Bertz CT molecular complexity index is 1150. The molecule has 3 aromatic rings. The number of hydrogen-bond donors (Lipinski definition) is 1. The SMILES string of the molecule is C[C@H]1CN2C(=N[C@@H](c3ccccn3)[C@@H]2c2ccc(-c3cc(C(=O)O)ccc3Cl)o2)S1. The Morgan fingerprint density at radius 3 is 2.90 bits per heavy atom. The highest BCUT2D eigenvalue weighted by atomic mass is 35.5. The second-order valence-corrected chi connectivity index (χ2v) is 9.15. The predicted octanol–water partition coefficient (Wildman–Crippen LogP) is 5.28. The van der Waals surface area contributed by atoms with Crippen LogP contribution in [0.15, 0.2) is 64.1 Å². The fraction of sp³-hybridized carbons (Fsp3) is 0.227. The smallest absolute Gasteiger partial charge is 0.335 e. The number of thioether (sulfide) groups is 1. The van der Waals surface area contributed by atoms with Crippen LogP contribution in [0.5, 0.6) is 0 Å². The van der Waals surface area contributed by atoms with Gasteiger partial charge in [0.2, 0.25) is 0 Å². The summed E-state index contributed by atoms with van der Waals surface area (Å²) in [4.78, 5) is 23.1. The Balaban J connectivity index is 1.55. The summed E-state index contributed by atoms with van der Waals surface area (Å²) >= 11 is 8.10. The van der Waals surface area contributed by atoms with Crippen LogP contribution < -0.4 is 0 Å². The quantitative estimate of drug-likeness (QED) is 0.595. The summed E-state index contributed by atoms with van der Waals surface area (Å²) in [5, 5.41) is 11.2. The number of amidine groups is 1. The number of aromatic carboxylic acids is 1. The molecule has 0 radical (unpaired) electrons. The van der Waals surface area contributed by atoms with Crippen molar-refractivity contribution in [3.63, 3.8) is 0 Å². The molecule has 0 saturated carbocycles. The van der Waals surface area contributed by atoms with E-state index in [2.05, 4.69) is 16.8 Å². The zero-order valence-corrected chi connectivity index (χ0v) is 17.6. The molecule has 6 nitrogen and oxygen atoms in total. The molecule has 1 N–H and O–H groups in total. The van der Waals surface area contributed by atoms with E-state index in [0.29, 0.717) is 21.6 Å². The number of rotatable bonds is 4. The maximum atomic E-state index is 11.4. The van der Waals surface area contributed by atoms with Crippen molar-refractivity contribution < 1.29 is 14.3 Å². The van der Waals surface area contributed by atoms with Gasteiger partial charge in [-0.25, -0.2) is 9.79 Å². The first-order valence-electron chi connectivity index (χ1n) is 9.56. The molecule has 3 atom stereocenters. The van der Waals surface area contributed by atoms with Crippen LogP contribution in [-0.4, -0.2) is 37.9 Å². The van der Waals surface area contributed by atoms with E-state index in [0.717, 1.165) is 23.2 Å². The summed E-state index contributed by atoms with van der Waals surface area (Å²) in [6.07, 6.45) is 1.77. The molecule has 0 bridgehead atoms. The number of halogens is 1. The minimum absolute atomic E-state index is 0.109. The molecule has 8 heteroatoms. The lowest BCUT2D eigenvalue weighted by Gasteiger charge is -2.25. The van der Waals surface area contributed by atoms with E-state index in [4.69, 9.17) is 21.0 Å². The molecule has 2 aromatic heterocycles. The maximum Gasteiger partial charge on any atom is 0.335 e. The number of furan rings is 1. The maximum absolute atomic E-state index is 11.4. The first kappa shape index (κ1) is 19.2. The Morgan fingerprint density at radius 2 is 2.13 bits per heavy atom. The lowest BCUT2D eigenvalue weighted by Crippen LogP contribution is -2.28. The van der Waals surface area contributed by atoms with Gasteiger partial charge in [0, 0.05) is 23.6 Å². The monoisotopic (exact) mass is 439 g/mol. The van der Waals surface area contributed by atoms with Crippen molar-refractivity contribution in [1.29, 1.82) is 0 Å². The molecule has 1 aromatic carbocycles. The summed E-state index contributed by atoms with van der Waals surface area (Å²) in [5.41, 5.74) is 1.61. The summed E-state index contributed by atoms with van der Waals surface area (Å²) in [5.74, 6) is 0.281. The molecule has 2 aliphatic heterocycles. The van der Waals surface area contributed by atoms with Crippen LogP contribution in [0.2, 0.25) is 5.02 Å². The molecule has 0 unspecified atom stereocenters. The van der Waals surface area contributed by atoms with Gasteiger partial charge in [-0.3, -0.25) is 4.98 Å². The molecule has 152 valence electrons. The first-order chi connectivity index (χ1) is 14.5. The van der Waals surface area contributed by atoms with E-state index in [1.807, 2.05) is 30.3 Å². The van der Waals surface area contributed by atoms with Gasteiger partial charge >= 0.3 is 5.97 Å². The zero-order valence-electron chi connectivity index (χ0n) is 16.0. The number of carboxylic acids is 1.